The van der Waals surface area contributed by atoms with E-state index < -0.39 is 10.0 Å². The van der Waals surface area contributed by atoms with E-state index in [4.69, 9.17) is 9.26 Å². The molecule has 0 saturated carbocycles. The number of amides is 1. The molecule has 10 nitrogen and oxygen atoms in total. The molecular weight excluding hydrogens is 448 g/mol. The number of hydrogen-bond acceptors (Lipinski definition) is 8. The standard InChI is InChI=1S/C22H30N4O6S/c1-4-31-20(27)9-11-25(15-18-6-5-10-23-14-18)22(28)19-7-12-26(13-8-19)33(29,30)21-16(2)24-32-17(21)3/h5-6,10,14,19H,4,7-9,11-13,15H2,1-3H3. The molecule has 3 rings (SSSR count). The van der Waals surface area contributed by atoms with Gasteiger partial charge in [0.25, 0.3) is 0 Å². The van der Waals surface area contributed by atoms with Crippen LogP contribution in [0.5, 0.6) is 0 Å². The van der Waals surface area contributed by atoms with Gasteiger partial charge in [-0.15, -0.1) is 0 Å². The highest BCUT2D eigenvalue weighted by molar-refractivity contribution is 7.89. The Balaban J connectivity index is 1.67. The lowest BCUT2D eigenvalue weighted by Crippen LogP contribution is -2.44. The Kier molecular flexibility index (Phi) is 8.20. The first-order valence-electron chi connectivity index (χ1n) is 11.0. The highest BCUT2D eigenvalue weighted by atomic mass is 32.2. The fourth-order valence-electron chi connectivity index (χ4n) is 4.01. The summed E-state index contributed by atoms with van der Waals surface area (Å²) in [4.78, 5) is 31.0. The van der Waals surface area contributed by atoms with E-state index in [2.05, 4.69) is 10.1 Å². The van der Waals surface area contributed by atoms with Crippen LogP contribution in [0.2, 0.25) is 0 Å². The van der Waals surface area contributed by atoms with Crippen LogP contribution in [0.3, 0.4) is 0 Å². The maximum atomic E-state index is 13.3. The number of esters is 1. The van der Waals surface area contributed by atoms with Gasteiger partial charge < -0.3 is 14.2 Å². The Morgan fingerprint density at radius 3 is 2.58 bits per heavy atom. The van der Waals surface area contributed by atoms with Crippen molar-refractivity contribution in [2.24, 2.45) is 5.92 Å². The second-order valence-corrected chi connectivity index (χ2v) is 9.88. The molecule has 0 bridgehead atoms. The lowest BCUT2D eigenvalue weighted by Gasteiger charge is -2.33. The molecule has 1 fully saturated rings. The monoisotopic (exact) mass is 478 g/mol. The average molecular weight is 479 g/mol. The number of sulfonamides is 1. The Labute approximate surface area is 193 Å². The number of pyridine rings is 1. The summed E-state index contributed by atoms with van der Waals surface area (Å²) >= 11 is 0. The zero-order valence-corrected chi connectivity index (χ0v) is 20.0. The number of ether oxygens (including phenoxy) is 1. The number of rotatable bonds is 9. The maximum absolute atomic E-state index is 13.3. The molecule has 0 unspecified atom stereocenters. The minimum atomic E-state index is -3.74. The van der Waals surface area contributed by atoms with Gasteiger partial charge in [0.15, 0.2) is 5.76 Å². The Morgan fingerprint density at radius 1 is 1.27 bits per heavy atom. The van der Waals surface area contributed by atoms with Crippen molar-refractivity contribution >= 4 is 21.9 Å². The van der Waals surface area contributed by atoms with Gasteiger partial charge in [-0.05, 0) is 45.2 Å². The predicted molar refractivity (Wildman–Crippen MR) is 118 cm³/mol. The number of nitrogens with zero attached hydrogens (tertiary/aromatic N) is 4. The zero-order chi connectivity index (χ0) is 24.0. The van der Waals surface area contributed by atoms with Crippen LogP contribution in [0.1, 0.15) is 43.2 Å². The Bertz CT molecular complexity index is 1040. The maximum Gasteiger partial charge on any atom is 0.307 e. The summed E-state index contributed by atoms with van der Waals surface area (Å²) in [6.45, 7) is 6.19. The summed E-state index contributed by atoms with van der Waals surface area (Å²) in [7, 11) is -3.74. The second kappa shape index (κ2) is 10.9. The third-order valence-electron chi connectivity index (χ3n) is 5.67. The molecule has 0 aromatic carbocycles. The third-order valence-corrected chi connectivity index (χ3v) is 7.81. The van der Waals surface area contributed by atoms with Gasteiger partial charge in [0.1, 0.15) is 10.6 Å². The number of carbonyl (C=O) groups excluding carboxylic acids is 2. The summed E-state index contributed by atoms with van der Waals surface area (Å²) in [5, 5.41) is 3.75. The minimum Gasteiger partial charge on any atom is -0.466 e. The van der Waals surface area contributed by atoms with Gasteiger partial charge in [-0.25, -0.2) is 8.42 Å². The molecule has 1 amide bonds. The lowest BCUT2D eigenvalue weighted by atomic mass is 9.96. The van der Waals surface area contributed by atoms with E-state index in [1.807, 2.05) is 6.07 Å². The zero-order valence-electron chi connectivity index (χ0n) is 19.2. The number of aromatic nitrogens is 2. The summed E-state index contributed by atoms with van der Waals surface area (Å²) in [6.07, 6.45) is 4.22. The molecule has 1 aliphatic rings. The fourth-order valence-corrected chi connectivity index (χ4v) is 5.77. The lowest BCUT2D eigenvalue weighted by molar-refractivity contribution is -0.145. The molecule has 11 heteroatoms. The van der Waals surface area contributed by atoms with E-state index >= 15 is 0 Å². The third kappa shape index (κ3) is 5.97. The molecule has 3 heterocycles. The summed E-state index contributed by atoms with van der Waals surface area (Å²) < 4.78 is 37.5. The van der Waals surface area contributed by atoms with Gasteiger partial charge in [0.05, 0.1) is 13.0 Å². The number of piperidine rings is 1. The van der Waals surface area contributed by atoms with Gasteiger partial charge in [-0.1, -0.05) is 11.2 Å². The van der Waals surface area contributed by atoms with Crippen molar-refractivity contribution in [2.75, 3.05) is 26.2 Å². The van der Waals surface area contributed by atoms with E-state index in [9.17, 15) is 18.0 Å². The molecule has 180 valence electrons. The van der Waals surface area contributed by atoms with Gasteiger partial charge >= 0.3 is 5.97 Å². The van der Waals surface area contributed by atoms with Crippen LogP contribution in [0.4, 0.5) is 0 Å². The predicted octanol–water partition coefficient (Wildman–Crippen LogP) is 2.07. The van der Waals surface area contributed by atoms with Crippen molar-refractivity contribution in [1.82, 2.24) is 19.3 Å². The first-order chi connectivity index (χ1) is 15.7. The van der Waals surface area contributed by atoms with Crippen molar-refractivity contribution in [3.8, 4) is 0 Å². The molecule has 0 spiro atoms. The van der Waals surface area contributed by atoms with Gasteiger partial charge in [-0.2, -0.15) is 4.31 Å². The Morgan fingerprint density at radius 2 is 2.00 bits per heavy atom. The average Bonchev–Trinajstić information content (AvgIpc) is 3.15. The van der Waals surface area contributed by atoms with Gasteiger partial charge in [0, 0.05) is 44.5 Å². The molecule has 1 saturated heterocycles. The van der Waals surface area contributed by atoms with E-state index in [0.29, 0.717) is 25.1 Å². The molecule has 0 radical (unpaired) electrons. The smallest absolute Gasteiger partial charge is 0.307 e. The first-order valence-corrected chi connectivity index (χ1v) is 12.4. The first kappa shape index (κ1) is 24.8. The molecular formula is C22H30N4O6S. The van der Waals surface area contributed by atoms with Crippen LogP contribution in [-0.4, -0.2) is 65.9 Å². The van der Waals surface area contributed by atoms with Crippen LogP contribution < -0.4 is 0 Å². The van der Waals surface area contributed by atoms with Crippen molar-refractivity contribution in [3.63, 3.8) is 0 Å². The van der Waals surface area contributed by atoms with E-state index in [-0.39, 0.29) is 61.1 Å². The quantitative estimate of drug-likeness (QED) is 0.502. The van der Waals surface area contributed by atoms with E-state index in [1.165, 1.54) is 4.31 Å². The highest BCUT2D eigenvalue weighted by Gasteiger charge is 2.36. The largest absolute Gasteiger partial charge is 0.466 e. The fraction of sp³-hybridized carbons (Fsp3) is 0.545. The number of carbonyl (C=O) groups is 2. The molecule has 0 atom stereocenters. The van der Waals surface area contributed by atoms with Gasteiger partial charge in [0.2, 0.25) is 15.9 Å². The molecule has 0 N–H and O–H groups in total. The van der Waals surface area contributed by atoms with Crippen molar-refractivity contribution in [1.29, 1.82) is 0 Å². The number of hydrogen-bond donors (Lipinski definition) is 0. The second-order valence-electron chi connectivity index (χ2n) is 8.01. The highest BCUT2D eigenvalue weighted by Crippen LogP contribution is 2.28. The molecule has 1 aliphatic heterocycles. The van der Waals surface area contributed by atoms with Crippen molar-refractivity contribution in [2.45, 2.75) is 51.5 Å². The van der Waals surface area contributed by atoms with Crippen molar-refractivity contribution < 1.29 is 27.3 Å². The van der Waals surface area contributed by atoms with Gasteiger partial charge in [-0.3, -0.25) is 14.6 Å². The van der Waals surface area contributed by atoms with Crippen LogP contribution in [-0.2, 0) is 30.9 Å². The van der Waals surface area contributed by atoms with E-state index in [0.717, 1.165) is 5.56 Å². The molecule has 2 aromatic rings. The van der Waals surface area contributed by atoms with Crippen LogP contribution >= 0.6 is 0 Å². The number of aryl methyl sites for hydroxylation is 2. The molecule has 2 aromatic heterocycles. The Hall–Kier alpha value is -2.79. The SMILES string of the molecule is CCOC(=O)CCN(Cc1cccnc1)C(=O)C1CCN(S(=O)(=O)c2c(C)noc2C)CC1. The summed E-state index contributed by atoms with van der Waals surface area (Å²) in [5.74, 6) is -0.535. The molecule has 33 heavy (non-hydrogen) atoms. The normalized spacial score (nSPS) is 15.4. The van der Waals surface area contributed by atoms with Crippen LogP contribution in [0.25, 0.3) is 0 Å². The van der Waals surface area contributed by atoms with Crippen molar-refractivity contribution in [3.05, 3.63) is 41.5 Å². The minimum absolute atomic E-state index is 0.0963. The molecule has 0 aliphatic carbocycles. The topological polar surface area (TPSA) is 123 Å². The van der Waals surface area contributed by atoms with Crippen LogP contribution in [0.15, 0.2) is 33.9 Å². The summed E-state index contributed by atoms with van der Waals surface area (Å²) in [5.41, 5.74) is 1.18. The van der Waals surface area contributed by atoms with Crippen LogP contribution in [0, 0.1) is 19.8 Å². The van der Waals surface area contributed by atoms with E-state index in [1.54, 1.807) is 44.1 Å². The summed E-state index contributed by atoms with van der Waals surface area (Å²) in [6, 6.07) is 3.66.